The predicted octanol–water partition coefficient (Wildman–Crippen LogP) is 6.60. The summed E-state index contributed by atoms with van der Waals surface area (Å²) in [6, 6.07) is 6.53. The standard InChI is InChI=1S/C14H6F6I2/c15-13(16,17)11-5-7(21)1-3-9(11)10-4-2-8(22)6-12(10)14(18,19)20/h1-6H. The molecule has 0 aliphatic heterocycles. The van der Waals surface area contributed by atoms with Crippen LogP contribution in [0, 0.1) is 7.14 Å². The van der Waals surface area contributed by atoms with Gasteiger partial charge >= 0.3 is 12.4 Å². The van der Waals surface area contributed by atoms with Crippen LogP contribution in [0.1, 0.15) is 11.1 Å². The van der Waals surface area contributed by atoms with Gasteiger partial charge < -0.3 is 0 Å². The highest BCUT2D eigenvalue weighted by atomic mass is 127. The Labute approximate surface area is 149 Å². The molecule has 0 saturated carbocycles. The lowest BCUT2D eigenvalue weighted by Gasteiger charge is -2.18. The van der Waals surface area contributed by atoms with Gasteiger partial charge in [-0.2, -0.15) is 26.3 Å². The lowest BCUT2D eigenvalue weighted by atomic mass is 9.95. The van der Waals surface area contributed by atoms with Gasteiger partial charge in [-0.05, 0) is 80.6 Å². The molecular weight excluding hydrogens is 536 g/mol. The minimum Gasteiger partial charge on any atom is -0.166 e. The summed E-state index contributed by atoms with van der Waals surface area (Å²) < 4.78 is 79.4. The fourth-order valence-corrected chi connectivity index (χ4v) is 2.95. The largest absolute Gasteiger partial charge is 0.417 e. The number of alkyl halides is 6. The molecule has 0 aromatic heterocycles. The van der Waals surface area contributed by atoms with Crippen LogP contribution in [0.5, 0.6) is 0 Å². The lowest BCUT2D eigenvalue weighted by Crippen LogP contribution is -2.12. The van der Waals surface area contributed by atoms with Crippen LogP contribution in [0.3, 0.4) is 0 Å². The summed E-state index contributed by atoms with van der Waals surface area (Å²) in [5.41, 5.74) is -3.11. The molecule has 2 aromatic rings. The van der Waals surface area contributed by atoms with Crippen molar-refractivity contribution < 1.29 is 26.3 Å². The molecule has 8 heteroatoms. The Morgan fingerprint density at radius 2 is 0.909 bits per heavy atom. The van der Waals surface area contributed by atoms with Crippen molar-refractivity contribution in [3.63, 3.8) is 0 Å². The quantitative estimate of drug-likeness (QED) is 0.282. The molecular formula is C14H6F6I2. The van der Waals surface area contributed by atoms with E-state index in [0.29, 0.717) is 7.14 Å². The summed E-state index contributed by atoms with van der Waals surface area (Å²) in [5, 5.41) is 0. The Hall–Kier alpha value is -0.520. The molecule has 0 radical (unpaired) electrons. The summed E-state index contributed by atoms with van der Waals surface area (Å²) in [6.45, 7) is 0. The highest BCUT2D eigenvalue weighted by molar-refractivity contribution is 14.1. The van der Waals surface area contributed by atoms with Gasteiger partial charge in [-0.3, -0.25) is 0 Å². The maximum absolute atomic E-state index is 13.1. The van der Waals surface area contributed by atoms with E-state index in [4.69, 9.17) is 0 Å². The number of benzene rings is 2. The fourth-order valence-electron chi connectivity index (χ4n) is 1.97. The molecule has 0 unspecified atom stereocenters. The van der Waals surface area contributed by atoms with Crippen LogP contribution in [-0.2, 0) is 12.4 Å². The first-order chi connectivity index (χ1) is 10.00. The highest BCUT2D eigenvalue weighted by Gasteiger charge is 2.38. The van der Waals surface area contributed by atoms with Crippen molar-refractivity contribution in [3.8, 4) is 11.1 Å². The summed E-state index contributed by atoms with van der Waals surface area (Å²) in [5.74, 6) is 0. The SMILES string of the molecule is FC(F)(F)c1cc(I)ccc1-c1ccc(I)cc1C(F)(F)F. The third-order valence-electron chi connectivity index (χ3n) is 2.86. The maximum atomic E-state index is 13.1. The topological polar surface area (TPSA) is 0 Å². The summed E-state index contributed by atoms with van der Waals surface area (Å²) >= 11 is 3.38. The van der Waals surface area contributed by atoms with Crippen molar-refractivity contribution in [2.45, 2.75) is 12.4 Å². The van der Waals surface area contributed by atoms with Crippen molar-refractivity contribution in [3.05, 3.63) is 54.7 Å². The van der Waals surface area contributed by atoms with E-state index in [-0.39, 0.29) is 0 Å². The van der Waals surface area contributed by atoms with Crippen LogP contribution < -0.4 is 0 Å². The van der Waals surface area contributed by atoms with E-state index >= 15 is 0 Å². The first-order valence-corrected chi connectivity index (χ1v) is 7.90. The van der Waals surface area contributed by atoms with E-state index in [1.165, 1.54) is 12.1 Å². The second-order valence-corrected chi connectivity index (χ2v) is 6.87. The van der Waals surface area contributed by atoms with Crippen LogP contribution in [0.2, 0.25) is 0 Å². The van der Waals surface area contributed by atoms with Crippen molar-refractivity contribution in [2.75, 3.05) is 0 Å². The van der Waals surface area contributed by atoms with Crippen LogP contribution in [0.4, 0.5) is 26.3 Å². The number of rotatable bonds is 1. The van der Waals surface area contributed by atoms with Crippen molar-refractivity contribution in [1.29, 1.82) is 0 Å². The molecule has 2 aromatic carbocycles. The molecule has 0 heterocycles. The lowest BCUT2D eigenvalue weighted by molar-refractivity contribution is -0.139. The highest BCUT2D eigenvalue weighted by Crippen LogP contribution is 2.43. The Morgan fingerprint density at radius 3 is 1.18 bits per heavy atom. The minimum absolute atomic E-state index is 0.299. The first-order valence-electron chi connectivity index (χ1n) is 5.74. The zero-order valence-electron chi connectivity index (χ0n) is 10.5. The van der Waals surface area contributed by atoms with E-state index in [1.54, 1.807) is 45.2 Å². The molecule has 0 fully saturated rings. The molecule has 0 saturated heterocycles. The Bertz CT molecular complexity index is 642. The zero-order valence-corrected chi connectivity index (χ0v) is 14.8. The van der Waals surface area contributed by atoms with E-state index in [2.05, 4.69) is 0 Å². The van der Waals surface area contributed by atoms with Gasteiger partial charge in [-0.15, -0.1) is 0 Å². The normalized spacial score (nSPS) is 12.5. The van der Waals surface area contributed by atoms with Crippen molar-refractivity contribution in [1.82, 2.24) is 0 Å². The van der Waals surface area contributed by atoms with Gasteiger partial charge in [0.1, 0.15) is 0 Å². The molecule has 2 rings (SSSR count). The molecule has 0 nitrogen and oxygen atoms in total. The number of halogens is 8. The first kappa shape index (κ1) is 17.8. The second kappa shape index (κ2) is 6.17. The zero-order chi connectivity index (χ0) is 16.7. The van der Waals surface area contributed by atoms with Gasteiger partial charge in [0.15, 0.2) is 0 Å². The molecule has 0 bridgehead atoms. The van der Waals surface area contributed by atoms with E-state index < -0.39 is 34.6 Å². The molecule has 0 atom stereocenters. The second-order valence-electron chi connectivity index (χ2n) is 4.38. The summed E-state index contributed by atoms with van der Waals surface area (Å²) in [6.07, 6.45) is -9.47. The third-order valence-corrected chi connectivity index (χ3v) is 4.21. The van der Waals surface area contributed by atoms with Gasteiger partial charge in [0.2, 0.25) is 0 Å². The maximum Gasteiger partial charge on any atom is 0.417 e. The monoisotopic (exact) mass is 542 g/mol. The van der Waals surface area contributed by atoms with Gasteiger partial charge in [0.05, 0.1) is 11.1 Å². The molecule has 0 aliphatic carbocycles. The fraction of sp³-hybridized carbons (Fsp3) is 0.143. The average Bonchev–Trinajstić information content (AvgIpc) is 2.37. The summed E-state index contributed by atoms with van der Waals surface area (Å²) in [4.78, 5) is 0. The molecule has 0 spiro atoms. The molecule has 0 aliphatic rings. The molecule has 0 amide bonds. The number of hydrogen-bond donors (Lipinski definition) is 0. The molecule has 118 valence electrons. The smallest absolute Gasteiger partial charge is 0.166 e. The minimum atomic E-state index is -4.73. The van der Waals surface area contributed by atoms with Crippen molar-refractivity contribution in [2.24, 2.45) is 0 Å². The van der Waals surface area contributed by atoms with Crippen LogP contribution in [0.15, 0.2) is 36.4 Å². The molecule has 22 heavy (non-hydrogen) atoms. The predicted molar refractivity (Wildman–Crippen MR) is 87.3 cm³/mol. The Morgan fingerprint density at radius 1 is 0.591 bits per heavy atom. The van der Waals surface area contributed by atoms with Crippen molar-refractivity contribution >= 4 is 45.2 Å². The van der Waals surface area contributed by atoms with Crippen LogP contribution >= 0.6 is 45.2 Å². The third kappa shape index (κ3) is 3.87. The Kier molecular flexibility index (Phi) is 5.00. The van der Waals surface area contributed by atoms with E-state index in [9.17, 15) is 26.3 Å². The van der Waals surface area contributed by atoms with Crippen LogP contribution in [0.25, 0.3) is 11.1 Å². The van der Waals surface area contributed by atoms with Gasteiger partial charge in [-0.25, -0.2) is 0 Å². The van der Waals surface area contributed by atoms with Gasteiger partial charge in [0.25, 0.3) is 0 Å². The van der Waals surface area contributed by atoms with Gasteiger partial charge in [-0.1, -0.05) is 12.1 Å². The number of hydrogen-bond acceptors (Lipinski definition) is 0. The average molecular weight is 542 g/mol. The van der Waals surface area contributed by atoms with Gasteiger partial charge in [0, 0.05) is 7.14 Å². The Balaban J connectivity index is 2.78. The summed E-state index contributed by atoms with van der Waals surface area (Å²) in [7, 11) is 0. The van der Waals surface area contributed by atoms with E-state index in [1.807, 2.05) is 0 Å². The van der Waals surface area contributed by atoms with Crippen LogP contribution in [-0.4, -0.2) is 0 Å². The molecule has 0 N–H and O–H groups in total. The van der Waals surface area contributed by atoms with E-state index in [0.717, 1.165) is 24.3 Å².